The van der Waals surface area contributed by atoms with Gasteiger partial charge in [-0.15, -0.1) is 5.10 Å². The van der Waals surface area contributed by atoms with E-state index in [1.807, 2.05) is 0 Å². The number of hydrogen-bond acceptors (Lipinski definition) is 6. The van der Waals surface area contributed by atoms with E-state index < -0.39 is 12.0 Å². The van der Waals surface area contributed by atoms with Crippen molar-refractivity contribution in [2.75, 3.05) is 44.6 Å². The van der Waals surface area contributed by atoms with E-state index in [0.29, 0.717) is 27.6 Å². The second kappa shape index (κ2) is 12.0. The summed E-state index contributed by atoms with van der Waals surface area (Å²) in [6.07, 6.45) is 5.80. The lowest BCUT2D eigenvalue weighted by molar-refractivity contribution is 0.0928. The van der Waals surface area contributed by atoms with Crippen LogP contribution in [0.15, 0.2) is 28.7 Å². The van der Waals surface area contributed by atoms with Gasteiger partial charge in [0.1, 0.15) is 10.3 Å². The average Bonchev–Trinajstić information content (AvgIpc) is 3.19. The third-order valence-corrected chi connectivity index (χ3v) is 7.45. The molecule has 0 spiro atoms. The van der Waals surface area contributed by atoms with Crippen molar-refractivity contribution in [1.82, 2.24) is 25.3 Å². The van der Waals surface area contributed by atoms with Gasteiger partial charge in [-0.25, -0.2) is 4.79 Å². The Bertz CT molecular complexity index is 989. The molecule has 2 aromatic rings. The van der Waals surface area contributed by atoms with Crippen LogP contribution in [0.3, 0.4) is 0 Å². The molecule has 2 aliphatic heterocycles. The number of nitrogens with one attached hydrogen (secondary N) is 3. The minimum Gasteiger partial charge on any atom is -0.388 e. The summed E-state index contributed by atoms with van der Waals surface area (Å²) in [5, 5.41) is 12.4. The molecule has 3 N–H and O–H groups in total. The lowest BCUT2D eigenvalue weighted by Crippen LogP contribution is -2.48. The molecule has 1 aromatic heterocycles. The smallest absolute Gasteiger partial charge is 0.388 e. The van der Waals surface area contributed by atoms with Gasteiger partial charge in [-0.1, -0.05) is 30.2 Å². The van der Waals surface area contributed by atoms with E-state index in [2.05, 4.69) is 46.6 Å². The number of amides is 2. The van der Waals surface area contributed by atoms with Gasteiger partial charge < -0.3 is 25.2 Å². The fraction of sp³-hybridized carbons (Fsp3) is 0.522. The number of nitrogens with zero attached hydrogens (tertiary/aromatic N) is 3. The number of halogens is 2. The first-order valence-electron chi connectivity index (χ1n) is 11.7. The van der Waals surface area contributed by atoms with Gasteiger partial charge in [0.15, 0.2) is 0 Å². The summed E-state index contributed by atoms with van der Waals surface area (Å²) in [6.45, 7) is 5.86. The molecule has 2 saturated heterocycles. The second-order valence-electron chi connectivity index (χ2n) is 8.64. The van der Waals surface area contributed by atoms with Crippen LogP contribution in [-0.2, 0) is 0 Å². The standard InChI is InChI=1S/C23H30BrClN6O3/c24-19-20(27-21(32)17-6-2-3-7-18(17)25)28-29-22(19)34-23(33)26-10-15-30-13-8-16(9-14-30)31-11-4-1-5-12-31/h2-3,6-7,16H,1,4-5,8-15H2,(H,26,33)(H2,27,28,29,32). The molecular weight excluding hydrogens is 524 g/mol. The fourth-order valence-corrected chi connectivity index (χ4v) is 5.10. The summed E-state index contributed by atoms with van der Waals surface area (Å²) < 4.78 is 5.62. The second-order valence-corrected chi connectivity index (χ2v) is 9.84. The number of H-pyrrole nitrogens is 1. The monoisotopic (exact) mass is 552 g/mol. The van der Waals surface area contributed by atoms with Crippen molar-refractivity contribution < 1.29 is 14.3 Å². The maximum atomic E-state index is 12.4. The number of carbonyl (C=O) groups excluding carboxylic acids is 2. The summed E-state index contributed by atoms with van der Waals surface area (Å²) in [5.74, 6) is -0.103. The van der Waals surface area contributed by atoms with Crippen molar-refractivity contribution in [2.24, 2.45) is 0 Å². The van der Waals surface area contributed by atoms with Crippen molar-refractivity contribution >= 4 is 45.3 Å². The van der Waals surface area contributed by atoms with E-state index in [4.69, 9.17) is 16.3 Å². The van der Waals surface area contributed by atoms with Crippen molar-refractivity contribution in [1.29, 1.82) is 0 Å². The highest BCUT2D eigenvalue weighted by Gasteiger charge is 2.25. The Kier molecular flexibility index (Phi) is 8.82. The summed E-state index contributed by atoms with van der Waals surface area (Å²) in [7, 11) is 0. The normalized spacial score (nSPS) is 17.9. The topological polar surface area (TPSA) is 103 Å². The zero-order valence-electron chi connectivity index (χ0n) is 19.0. The molecule has 4 rings (SSSR count). The highest BCUT2D eigenvalue weighted by Crippen LogP contribution is 2.30. The van der Waals surface area contributed by atoms with E-state index in [9.17, 15) is 9.59 Å². The number of benzene rings is 1. The molecule has 0 radical (unpaired) electrons. The minimum absolute atomic E-state index is 0.0364. The van der Waals surface area contributed by atoms with Crippen molar-refractivity contribution in [3.63, 3.8) is 0 Å². The summed E-state index contributed by atoms with van der Waals surface area (Å²) in [4.78, 5) is 29.7. The number of ether oxygens (including phenoxy) is 1. The first kappa shape index (κ1) is 25.0. The predicted octanol–water partition coefficient (Wildman–Crippen LogP) is 4.12. The van der Waals surface area contributed by atoms with Gasteiger partial charge in [0.25, 0.3) is 11.8 Å². The molecule has 0 saturated carbocycles. The van der Waals surface area contributed by atoms with Crippen molar-refractivity contribution in [3.8, 4) is 5.88 Å². The number of rotatable bonds is 7. The number of anilines is 1. The molecular formula is C23H30BrClN6O3. The lowest BCUT2D eigenvalue weighted by atomic mass is 10.00. The third-order valence-electron chi connectivity index (χ3n) is 6.38. The molecule has 0 atom stereocenters. The Morgan fingerprint density at radius 1 is 1.15 bits per heavy atom. The molecule has 0 aliphatic carbocycles. The zero-order chi connectivity index (χ0) is 23.9. The highest BCUT2D eigenvalue weighted by atomic mass is 79.9. The highest BCUT2D eigenvalue weighted by molar-refractivity contribution is 9.10. The average molecular weight is 554 g/mol. The maximum absolute atomic E-state index is 12.4. The molecule has 34 heavy (non-hydrogen) atoms. The van der Waals surface area contributed by atoms with Gasteiger partial charge in [-0.3, -0.25) is 9.89 Å². The third kappa shape index (κ3) is 6.50. The van der Waals surface area contributed by atoms with Gasteiger partial charge in [0, 0.05) is 19.1 Å². The number of aromatic amines is 1. The van der Waals surface area contributed by atoms with Gasteiger partial charge in [-0.2, -0.15) is 0 Å². The molecule has 2 aliphatic rings. The van der Waals surface area contributed by atoms with Gasteiger partial charge in [0.2, 0.25) is 0 Å². The summed E-state index contributed by atoms with van der Waals surface area (Å²) in [6, 6.07) is 7.42. The molecule has 2 fully saturated rings. The Hall–Kier alpha value is -2.14. The fourth-order valence-electron chi connectivity index (χ4n) is 4.52. The Morgan fingerprint density at radius 3 is 2.62 bits per heavy atom. The molecule has 1 aromatic carbocycles. The number of hydrogen-bond donors (Lipinski definition) is 3. The molecule has 9 nitrogen and oxygen atoms in total. The molecule has 2 amide bonds. The Morgan fingerprint density at radius 2 is 1.88 bits per heavy atom. The van der Waals surface area contributed by atoms with E-state index in [-0.39, 0.29) is 11.7 Å². The number of aromatic nitrogens is 2. The first-order valence-corrected chi connectivity index (χ1v) is 12.9. The zero-order valence-corrected chi connectivity index (χ0v) is 21.3. The van der Waals surface area contributed by atoms with Gasteiger partial charge in [0.05, 0.1) is 10.6 Å². The van der Waals surface area contributed by atoms with Crippen LogP contribution in [0.1, 0.15) is 42.5 Å². The predicted molar refractivity (Wildman–Crippen MR) is 135 cm³/mol. The first-order chi connectivity index (χ1) is 16.5. The van der Waals surface area contributed by atoms with E-state index in [0.717, 1.165) is 19.6 Å². The SMILES string of the molecule is O=C(NCCN1CCC(N2CCCCC2)CC1)Oc1n[nH]c(NC(=O)c2ccccc2Cl)c1Br. The lowest BCUT2D eigenvalue weighted by Gasteiger charge is -2.40. The van der Waals surface area contributed by atoms with Gasteiger partial charge >= 0.3 is 6.09 Å². The Labute approximate surface area is 212 Å². The number of carbonyl (C=O) groups is 2. The molecule has 0 bridgehead atoms. The Balaban J connectivity index is 1.18. The number of likely N-dealkylation sites (tertiary alicyclic amines) is 2. The van der Waals surface area contributed by atoms with Crippen LogP contribution in [-0.4, -0.2) is 77.3 Å². The largest absolute Gasteiger partial charge is 0.414 e. The summed E-state index contributed by atoms with van der Waals surface area (Å²) in [5.41, 5.74) is 0.325. The summed E-state index contributed by atoms with van der Waals surface area (Å²) >= 11 is 9.37. The maximum Gasteiger partial charge on any atom is 0.414 e. The van der Waals surface area contributed by atoms with Crippen LogP contribution in [0, 0.1) is 0 Å². The van der Waals surface area contributed by atoms with E-state index >= 15 is 0 Å². The van der Waals surface area contributed by atoms with E-state index in [1.165, 1.54) is 45.2 Å². The van der Waals surface area contributed by atoms with Crippen LogP contribution in [0.4, 0.5) is 10.6 Å². The van der Waals surface area contributed by atoms with Crippen LogP contribution in [0.2, 0.25) is 5.02 Å². The van der Waals surface area contributed by atoms with Crippen LogP contribution < -0.4 is 15.4 Å². The molecule has 3 heterocycles. The molecule has 0 unspecified atom stereocenters. The van der Waals surface area contributed by atoms with Crippen molar-refractivity contribution in [3.05, 3.63) is 39.3 Å². The van der Waals surface area contributed by atoms with Crippen LogP contribution in [0.25, 0.3) is 0 Å². The quantitative estimate of drug-likeness (QED) is 0.477. The minimum atomic E-state index is -0.598. The number of piperidine rings is 2. The van der Waals surface area contributed by atoms with Crippen LogP contribution >= 0.6 is 27.5 Å². The van der Waals surface area contributed by atoms with Gasteiger partial charge in [-0.05, 0) is 79.9 Å². The van der Waals surface area contributed by atoms with E-state index in [1.54, 1.807) is 24.3 Å². The molecule has 11 heteroatoms. The van der Waals surface area contributed by atoms with Crippen molar-refractivity contribution in [2.45, 2.75) is 38.1 Å². The van der Waals surface area contributed by atoms with Crippen LogP contribution in [0.5, 0.6) is 5.88 Å². The molecule has 184 valence electrons.